The molecule has 4 nitrogen and oxygen atoms in total. The summed E-state index contributed by atoms with van der Waals surface area (Å²) in [6.07, 6.45) is 1.02. The molecule has 0 bridgehead atoms. The first-order valence-corrected chi connectivity index (χ1v) is 6.01. The summed E-state index contributed by atoms with van der Waals surface area (Å²) >= 11 is 11.5. The highest BCUT2D eigenvalue weighted by atomic mass is 35.5. The number of rotatable bonds is 5. The van der Waals surface area contributed by atoms with E-state index in [0.717, 1.165) is 6.42 Å². The van der Waals surface area contributed by atoms with Crippen molar-refractivity contribution >= 4 is 28.9 Å². The molecule has 1 N–H and O–H groups in total. The highest BCUT2D eigenvalue weighted by Crippen LogP contribution is 2.31. The zero-order valence-corrected chi connectivity index (χ0v) is 10.8. The van der Waals surface area contributed by atoms with E-state index in [1.54, 1.807) is 0 Å². The minimum atomic E-state index is -0.601. The second kappa shape index (κ2) is 6.19. The topological polar surface area (TPSA) is 63.4 Å². The van der Waals surface area contributed by atoms with E-state index < -0.39 is 11.0 Å². The van der Waals surface area contributed by atoms with Crippen LogP contribution in [-0.4, -0.2) is 16.1 Å². The van der Waals surface area contributed by atoms with Crippen LogP contribution in [0, 0.1) is 10.1 Å². The van der Waals surface area contributed by atoms with Gasteiger partial charge in [-0.25, -0.2) is 0 Å². The molecule has 1 atom stereocenters. The van der Waals surface area contributed by atoms with Crippen LogP contribution in [-0.2, 0) is 6.42 Å². The van der Waals surface area contributed by atoms with Crippen molar-refractivity contribution < 1.29 is 10.0 Å². The summed E-state index contributed by atoms with van der Waals surface area (Å²) in [5, 5.41) is 20.9. The fourth-order valence-corrected chi connectivity index (χ4v) is 1.94. The molecule has 0 aliphatic carbocycles. The van der Waals surface area contributed by atoms with Crippen molar-refractivity contribution in [1.29, 1.82) is 0 Å². The molecule has 0 radical (unpaired) electrons. The molecule has 1 rings (SSSR count). The Morgan fingerprint density at radius 2 is 2.00 bits per heavy atom. The predicted octanol–water partition coefficient (Wildman–Crippen LogP) is 3.61. The molecule has 0 aromatic heterocycles. The van der Waals surface area contributed by atoms with Crippen LogP contribution in [0.2, 0.25) is 10.0 Å². The molecule has 94 valence electrons. The van der Waals surface area contributed by atoms with E-state index in [1.165, 1.54) is 12.1 Å². The average molecular weight is 278 g/mol. The molecule has 1 aromatic rings. The molecule has 0 saturated heterocycles. The molecule has 0 heterocycles. The summed E-state index contributed by atoms with van der Waals surface area (Å²) in [5.74, 6) is 0. The smallest absolute Gasteiger partial charge is 0.274 e. The van der Waals surface area contributed by atoms with E-state index >= 15 is 0 Å². The van der Waals surface area contributed by atoms with Crippen LogP contribution in [0.3, 0.4) is 0 Å². The number of nitro groups is 1. The first-order chi connectivity index (χ1) is 7.95. The molecule has 1 unspecified atom stereocenters. The van der Waals surface area contributed by atoms with Crippen LogP contribution < -0.4 is 0 Å². The van der Waals surface area contributed by atoms with E-state index in [2.05, 4.69) is 0 Å². The van der Waals surface area contributed by atoms with Gasteiger partial charge in [-0.05, 0) is 12.5 Å². The quantitative estimate of drug-likeness (QED) is 0.661. The van der Waals surface area contributed by atoms with Gasteiger partial charge < -0.3 is 5.11 Å². The van der Waals surface area contributed by atoms with Gasteiger partial charge in [-0.2, -0.15) is 0 Å². The maximum atomic E-state index is 10.8. The first-order valence-electron chi connectivity index (χ1n) is 5.26. The van der Waals surface area contributed by atoms with Crippen LogP contribution >= 0.6 is 23.2 Å². The molecule has 0 saturated carbocycles. The third-order valence-electron chi connectivity index (χ3n) is 2.40. The number of hydrogen-bond acceptors (Lipinski definition) is 3. The van der Waals surface area contributed by atoms with E-state index in [9.17, 15) is 15.2 Å². The highest BCUT2D eigenvalue weighted by Gasteiger charge is 2.19. The number of aliphatic hydroxyl groups excluding tert-OH is 1. The summed E-state index contributed by atoms with van der Waals surface area (Å²) in [6.45, 7) is 1.94. The fraction of sp³-hybridized carbons (Fsp3) is 0.455. The average Bonchev–Trinajstić information content (AvgIpc) is 2.23. The lowest BCUT2D eigenvalue weighted by Gasteiger charge is -2.10. The van der Waals surface area contributed by atoms with Gasteiger partial charge >= 0.3 is 0 Å². The lowest BCUT2D eigenvalue weighted by molar-refractivity contribution is -0.385. The highest BCUT2D eigenvalue weighted by molar-refractivity contribution is 6.42. The Kier molecular flexibility index (Phi) is 5.18. The molecule has 0 spiro atoms. The molecular formula is C11H13Cl2NO3. The van der Waals surface area contributed by atoms with E-state index in [0.29, 0.717) is 12.0 Å². The molecule has 1 aromatic carbocycles. The van der Waals surface area contributed by atoms with E-state index in [-0.39, 0.29) is 22.2 Å². The van der Waals surface area contributed by atoms with Crippen molar-refractivity contribution in [3.05, 3.63) is 37.9 Å². The summed E-state index contributed by atoms with van der Waals surface area (Å²) in [6, 6.07) is 2.67. The SMILES string of the molecule is CCCC(O)Cc1cc(Cl)c(Cl)cc1[N+](=O)[O-]. The van der Waals surface area contributed by atoms with Crippen molar-refractivity contribution in [3.8, 4) is 0 Å². The number of nitrogens with zero attached hydrogens (tertiary/aromatic N) is 1. The Bertz CT molecular complexity index is 423. The Hall–Kier alpha value is -0.840. The molecule has 0 aliphatic rings. The minimum absolute atomic E-state index is 0.102. The molecule has 0 fully saturated rings. The van der Waals surface area contributed by atoms with Crippen LogP contribution in [0.25, 0.3) is 0 Å². The molecule has 17 heavy (non-hydrogen) atoms. The van der Waals surface area contributed by atoms with Gasteiger partial charge in [0.25, 0.3) is 5.69 Å². The van der Waals surface area contributed by atoms with Crippen molar-refractivity contribution in [3.63, 3.8) is 0 Å². The van der Waals surface area contributed by atoms with Gasteiger partial charge in [-0.1, -0.05) is 36.5 Å². The summed E-state index contributed by atoms with van der Waals surface area (Å²) in [7, 11) is 0. The minimum Gasteiger partial charge on any atom is -0.393 e. The molecule has 0 amide bonds. The molecular weight excluding hydrogens is 265 g/mol. The predicted molar refractivity (Wildman–Crippen MR) is 67.7 cm³/mol. The lowest BCUT2D eigenvalue weighted by atomic mass is 10.0. The largest absolute Gasteiger partial charge is 0.393 e. The summed E-state index contributed by atoms with van der Waals surface area (Å²) < 4.78 is 0. The van der Waals surface area contributed by atoms with Crippen molar-refractivity contribution in [2.24, 2.45) is 0 Å². The summed E-state index contributed by atoms with van der Waals surface area (Å²) in [5.41, 5.74) is 0.305. The third-order valence-corrected chi connectivity index (χ3v) is 3.12. The third kappa shape index (κ3) is 3.84. The maximum Gasteiger partial charge on any atom is 0.274 e. The van der Waals surface area contributed by atoms with Crippen LogP contribution in [0.15, 0.2) is 12.1 Å². The van der Waals surface area contributed by atoms with E-state index in [4.69, 9.17) is 23.2 Å². The van der Waals surface area contributed by atoms with Gasteiger partial charge in [0.1, 0.15) is 0 Å². The Balaban J connectivity index is 3.04. The lowest BCUT2D eigenvalue weighted by Crippen LogP contribution is -2.11. The fourth-order valence-electron chi connectivity index (χ4n) is 1.60. The Morgan fingerprint density at radius 3 is 2.53 bits per heavy atom. The van der Waals surface area contributed by atoms with Crippen LogP contribution in [0.1, 0.15) is 25.3 Å². The van der Waals surface area contributed by atoms with Gasteiger partial charge in [-0.3, -0.25) is 10.1 Å². The molecule has 6 heteroatoms. The second-order valence-electron chi connectivity index (χ2n) is 3.80. The van der Waals surface area contributed by atoms with Gasteiger partial charge in [0.2, 0.25) is 0 Å². The number of halogens is 2. The Labute approximate surface area is 109 Å². The van der Waals surface area contributed by atoms with Crippen molar-refractivity contribution in [2.75, 3.05) is 0 Å². The molecule has 0 aliphatic heterocycles. The van der Waals surface area contributed by atoms with Crippen molar-refractivity contribution in [1.82, 2.24) is 0 Å². The number of hydrogen-bond donors (Lipinski definition) is 1. The number of aliphatic hydroxyl groups is 1. The van der Waals surface area contributed by atoms with Gasteiger partial charge in [0.15, 0.2) is 0 Å². The number of benzene rings is 1. The second-order valence-corrected chi connectivity index (χ2v) is 4.61. The summed E-state index contributed by atoms with van der Waals surface area (Å²) in [4.78, 5) is 10.3. The van der Waals surface area contributed by atoms with Gasteiger partial charge in [0, 0.05) is 18.1 Å². The van der Waals surface area contributed by atoms with Crippen LogP contribution in [0.5, 0.6) is 0 Å². The van der Waals surface area contributed by atoms with Gasteiger partial charge in [0.05, 0.1) is 21.1 Å². The van der Waals surface area contributed by atoms with Crippen molar-refractivity contribution in [2.45, 2.75) is 32.3 Å². The van der Waals surface area contributed by atoms with Crippen LogP contribution in [0.4, 0.5) is 5.69 Å². The first kappa shape index (κ1) is 14.2. The zero-order chi connectivity index (χ0) is 13.0. The Morgan fingerprint density at radius 1 is 1.41 bits per heavy atom. The maximum absolute atomic E-state index is 10.8. The zero-order valence-electron chi connectivity index (χ0n) is 9.32. The number of nitro benzene ring substituents is 1. The standard InChI is InChI=1S/C11H13Cl2NO3/c1-2-3-8(15)4-7-5-9(12)10(13)6-11(7)14(16)17/h5-6,8,15H,2-4H2,1H3. The normalized spacial score (nSPS) is 12.5. The van der Waals surface area contributed by atoms with E-state index in [1.807, 2.05) is 6.92 Å². The van der Waals surface area contributed by atoms with Gasteiger partial charge in [-0.15, -0.1) is 0 Å². The monoisotopic (exact) mass is 277 g/mol.